The number of aromatic hydroxyl groups is 1. The molecule has 0 amide bonds. The van der Waals surface area contributed by atoms with Crippen LogP contribution in [0.4, 0.5) is 0 Å². The van der Waals surface area contributed by atoms with Crippen LogP contribution in [-0.2, 0) is 6.42 Å². The topological polar surface area (TPSA) is 59.9 Å². The molecule has 1 aliphatic heterocycles. The van der Waals surface area contributed by atoms with Gasteiger partial charge in [-0.1, -0.05) is 42.5 Å². The fourth-order valence-electron chi connectivity index (χ4n) is 3.92. The van der Waals surface area contributed by atoms with Crippen LogP contribution in [0.5, 0.6) is 5.75 Å². The third kappa shape index (κ3) is 6.50. The zero-order chi connectivity index (χ0) is 20.5. The number of phenols is 1. The van der Waals surface area contributed by atoms with Gasteiger partial charge in [0.25, 0.3) is 0 Å². The summed E-state index contributed by atoms with van der Waals surface area (Å²) in [6.45, 7) is 5.39. The van der Waals surface area contributed by atoms with Gasteiger partial charge in [0.05, 0.1) is 0 Å². The number of nitrogens with zero attached hydrogens (tertiary/aromatic N) is 2. The normalized spacial score (nSPS) is 17.1. The number of benzene rings is 2. The van der Waals surface area contributed by atoms with Crippen LogP contribution in [0.15, 0.2) is 59.6 Å². The van der Waals surface area contributed by atoms with Crippen LogP contribution < -0.4 is 10.6 Å². The maximum atomic E-state index is 9.35. The summed E-state index contributed by atoms with van der Waals surface area (Å²) in [6, 6.07) is 19.1. The molecule has 3 rings (SSSR count). The smallest absolute Gasteiger partial charge is 0.191 e. The Morgan fingerprint density at radius 1 is 1.10 bits per heavy atom. The van der Waals surface area contributed by atoms with E-state index in [-0.39, 0.29) is 0 Å². The van der Waals surface area contributed by atoms with Crippen LogP contribution >= 0.6 is 0 Å². The van der Waals surface area contributed by atoms with Crippen LogP contribution in [0.3, 0.4) is 0 Å². The van der Waals surface area contributed by atoms with Gasteiger partial charge in [0.15, 0.2) is 5.96 Å². The number of likely N-dealkylation sites (tertiary alicyclic amines) is 1. The minimum atomic E-state index is 0.320. The van der Waals surface area contributed by atoms with E-state index >= 15 is 0 Å². The summed E-state index contributed by atoms with van der Waals surface area (Å²) in [7, 11) is 1.84. The highest BCUT2D eigenvalue weighted by Gasteiger charge is 2.23. The van der Waals surface area contributed by atoms with E-state index in [9.17, 15) is 5.11 Å². The monoisotopic (exact) mass is 394 g/mol. The molecule has 1 unspecified atom stereocenters. The molecule has 1 heterocycles. The van der Waals surface area contributed by atoms with Crippen LogP contribution in [0, 0.1) is 0 Å². The Kier molecular flexibility index (Phi) is 7.94. The Hall–Kier alpha value is -2.53. The number of phenolic OH excluding ortho intramolecular Hbond substituents is 1. The van der Waals surface area contributed by atoms with Crippen molar-refractivity contribution >= 4 is 5.96 Å². The van der Waals surface area contributed by atoms with E-state index < -0.39 is 0 Å². The Bertz CT molecular complexity index is 752. The minimum Gasteiger partial charge on any atom is -0.508 e. The zero-order valence-corrected chi connectivity index (χ0v) is 17.6. The fraction of sp³-hybridized carbons (Fsp3) is 0.458. The van der Waals surface area contributed by atoms with E-state index in [0.29, 0.717) is 17.8 Å². The number of aliphatic imine (C=N–C) groups is 1. The maximum Gasteiger partial charge on any atom is 0.191 e. The van der Waals surface area contributed by atoms with E-state index in [0.717, 1.165) is 51.3 Å². The molecule has 5 nitrogen and oxygen atoms in total. The van der Waals surface area contributed by atoms with E-state index in [1.54, 1.807) is 12.1 Å². The van der Waals surface area contributed by atoms with Gasteiger partial charge < -0.3 is 15.7 Å². The Morgan fingerprint density at radius 2 is 1.79 bits per heavy atom. The molecule has 0 saturated carbocycles. The lowest BCUT2D eigenvalue weighted by atomic mass is 10.0. The lowest BCUT2D eigenvalue weighted by Crippen LogP contribution is -2.49. The Labute approximate surface area is 174 Å². The molecular weight excluding hydrogens is 360 g/mol. The predicted molar refractivity (Wildman–Crippen MR) is 120 cm³/mol. The molecule has 156 valence electrons. The first-order chi connectivity index (χ1) is 14.2. The van der Waals surface area contributed by atoms with E-state index in [2.05, 4.69) is 57.8 Å². The molecule has 5 heteroatoms. The molecular formula is C24H34N4O. The number of nitrogens with one attached hydrogen (secondary N) is 2. The Balaban J connectivity index is 1.36. The van der Waals surface area contributed by atoms with Gasteiger partial charge in [-0.25, -0.2) is 0 Å². The second-order valence-corrected chi connectivity index (χ2v) is 7.81. The molecule has 1 atom stereocenters. The van der Waals surface area contributed by atoms with Crippen molar-refractivity contribution in [1.29, 1.82) is 0 Å². The number of piperidine rings is 1. The average molecular weight is 395 g/mol. The fourth-order valence-corrected chi connectivity index (χ4v) is 3.92. The molecule has 0 bridgehead atoms. The summed E-state index contributed by atoms with van der Waals surface area (Å²) >= 11 is 0. The van der Waals surface area contributed by atoms with Gasteiger partial charge in [0.2, 0.25) is 0 Å². The number of hydrogen-bond donors (Lipinski definition) is 3. The summed E-state index contributed by atoms with van der Waals surface area (Å²) in [5.41, 5.74) is 2.64. The first-order valence-electron chi connectivity index (χ1n) is 10.7. The van der Waals surface area contributed by atoms with Crippen LogP contribution in [0.1, 0.15) is 43.4 Å². The molecule has 2 aromatic rings. The quantitative estimate of drug-likeness (QED) is 0.381. The summed E-state index contributed by atoms with van der Waals surface area (Å²) in [5, 5.41) is 16.4. The van der Waals surface area contributed by atoms with Gasteiger partial charge in [0, 0.05) is 38.8 Å². The lowest BCUT2D eigenvalue weighted by molar-refractivity contribution is 0.158. The molecule has 1 fully saturated rings. The third-order valence-electron chi connectivity index (χ3n) is 5.79. The first-order valence-corrected chi connectivity index (χ1v) is 10.7. The summed E-state index contributed by atoms with van der Waals surface area (Å²) in [5.74, 6) is 1.21. The molecule has 3 N–H and O–H groups in total. The molecule has 0 radical (unpaired) electrons. The zero-order valence-electron chi connectivity index (χ0n) is 17.6. The molecule has 0 aromatic heterocycles. The average Bonchev–Trinajstić information content (AvgIpc) is 2.77. The van der Waals surface area contributed by atoms with Crippen molar-refractivity contribution in [2.75, 3.05) is 26.7 Å². The lowest BCUT2D eigenvalue weighted by Gasteiger charge is -2.37. The van der Waals surface area contributed by atoms with Gasteiger partial charge in [-0.05, 0) is 55.9 Å². The van der Waals surface area contributed by atoms with Gasteiger partial charge in [0.1, 0.15) is 5.75 Å². The summed E-state index contributed by atoms with van der Waals surface area (Å²) < 4.78 is 0. The Morgan fingerprint density at radius 3 is 2.45 bits per heavy atom. The minimum absolute atomic E-state index is 0.320. The van der Waals surface area contributed by atoms with Crippen molar-refractivity contribution in [3.05, 3.63) is 65.7 Å². The molecule has 2 aromatic carbocycles. The number of hydrogen-bond acceptors (Lipinski definition) is 3. The highest BCUT2D eigenvalue weighted by molar-refractivity contribution is 5.79. The summed E-state index contributed by atoms with van der Waals surface area (Å²) in [6.07, 6.45) is 4.27. The number of aryl methyl sites for hydroxylation is 1. The molecule has 1 aliphatic rings. The molecule has 0 aliphatic carbocycles. The van der Waals surface area contributed by atoms with E-state index in [1.807, 2.05) is 19.2 Å². The second-order valence-electron chi connectivity index (χ2n) is 7.81. The van der Waals surface area contributed by atoms with Crippen molar-refractivity contribution in [3.63, 3.8) is 0 Å². The molecule has 1 saturated heterocycles. The number of guanidine groups is 1. The van der Waals surface area contributed by atoms with Crippen molar-refractivity contribution in [1.82, 2.24) is 15.5 Å². The van der Waals surface area contributed by atoms with E-state index in [4.69, 9.17) is 0 Å². The first kappa shape index (κ1) is 21.2. The van der Waals surface area contributed by atoms with Gasteiger partial charge in [-0.15, -0.1) is 0 Å². The third-order valence-corrected chi connectivity index (χ3v) is 5.79. The number of rotatable bonds is 7. The van der Waals surface area contributed by atoms with Gasteiger partial charge >= 0.3 is 0 Å². The van der Waals surface area contributed by atoms with Crippen molar-refractivity contribution < 1.29 is 5.11 Å². The summed E-state index contributed by atoms with van der Waals surface area (Å²) in [4.78, 5) is 6.96. The van der Waals surface area contributed by atoms with E-state index in [1.165, 1.54) is 11.1 Å². The highest BCUT2D eigenvalue weighted by atomic mass is 16.3. The van der Waals surface area contributed by atoms with Crippen molar-refractivity contribution in [3.8, 4) is 5.75 Å². The predicted octanol–water partition coefficient (Wildman–Crippen LogP) is 3.72. The van der Waals surface area contributed by atoms with Gasteiger partial charge in [-0.2, -0.15) is 0 Å². The second kappa shape index (κ2) is 10.9. The van der Waals surface area contributed by atoms with Crippen LogP contribution in [0.2, 0.25) is 0 Å². The van der Waals surface area contributed by atoms with Crippen molar-refractivity contribution in [2.45, 2.75) is 44.7 Å². The SMILES string of the molecule is CN=C(NCCCc1ccc(O)cc1)NC1CCN(C(C)c2ccccc2)CC1. The van der Waals surface area contributed by atoms with Gasteiger partial charge in [-0.3, -0.25) is 9.89 Å². The highest BCUT2D eigenvalue weighted by Crippen LogP contribution is 2.23. The van der Waals surface area contributed by atoms with Crippen LogP contribution in [0.25, 0.3) is 0 Å². The van der Waals surface area contributed by atoms with Crippen molar-refractivity contribution in [2.24, 2.45) is 4.99 Å². The molecule has 29 heavy (non-hydrogen) atoms. The van der Waals surface area contributed by atoms with Crippen LogP contribution in [-0.4, -0.2) is 48.7 Å². The maximum absolute atomic E-state index is 9.35. The molecule has 0 spiro atoms. The standard InChI is InChI=1S/C24H34N4O/c1-19(21-8-4-3-5-9-21)28-17-14-22(15-18-28)27-24(25-2)26-16-6-7-20-10-12-23(29)13-11-20/h3-5,8-13,19,22,29H,6-7,14-18H2,1-2H3,(H2,25,26,27). The largest absolute Gasteiger partial charge is 0.508 e.